The molecule has 5 N–H and O–H groups in total. The summed E-state index contributed by atoms with van der Waals surface area (Å²) in [6.45, 7) is 51.5. The summed E-state index contributed by atoms with van der Waals surface area (Å²) in [5, 5.41) is 29.5. The number of ether oxygens (including phenoxy) is 1. The van der Waals surface area contributed by atoms with Gasteiger partial charge in [-0.05, 0) is 179 Å². The van der Waals surface area contributed by atoms with Crippen LogP contribution in [-0.2, 0) is 84.7 Å². The number of piperidine rings is 3. The van der Waals surface area contributed by atoms with Crippen molar-refractivity contribution >= 4 is 121 Å². The molecule has 1 aromatic carbocycles. The highest BCUT2D eigenvalue weighted by Crippen LogP contribution is 2.25. The molecule has 3 aromatic rings. The largest absolute Gasteiger partial charge is 0.772 e. The molecule has 0 spiro atoms. The third-order valence-electron chi connectivity index (χ3n) is 19.6. The van der Waals surface area contributed by atoms with Crippen LogP contribution in [0.4, 0.5) is 17.3 Å². The number of anilines is 3. The first-order valence-electron chi connectivity index (χ1n) is 45.5. The number of likely N-dealkylation sites (tertiary alicyclic amines) is 3. The van der Waals surface area contributed by atoms with Crippen molar-refractivity contribution in [3.63, 3.8) is 0 Å². The fraction of sp³-hybridized carbons (Fsp3) is 0.713. The first-order valence-corrected chi connectivity index (χ1v) is 51.1. The molecule has 129 heavy (non-hydrogen) atoms. The monoisotopic (exact) mass is 1890 g/mol. The van der Waals surface area contributed by atoms with E-state index >= 15 is 0 Å². The zero-order valence-electron chi connectivity index (χ0n) is 81.7. The minimum atomic E-state index is -2.87. The molecular weight excluding hydrogens is 1730 g/mol. The zero-order chi connectivity index (χ0) is 98.3. The van der Waals surface area contributed by atoms with Crippen LogP contribution in [0.2, 0.25) is 0 Å². The number of carbonyl (C=O) groups excluding carboxylic acids is 10. The normalized spacial score (nSPS) is 16.1. The Balaban J connectivity index is 0.00000143. The number of piperazine rings is 1. The third-order valence-corrected chi connectivity index (χ3v) is 23.2. The molecule has 5 aliphatic rings. The molecule has 9 amide bonds. The van der Waals surface area contributed by atoms with Crippen LogP contribution in [0, 0.1) is 70.5 Å². The lowest BCUT2D eigenvalue weighted by Crippen LogP contribution is -2.49. The molecule has 5 fully saturated rings. The Morgan fingerprint density at radius 3 is 1.32 bits per heavy atom. The second-order valence-electron chi connectivity index (χ2n) is 38.1. The number of nitrogens with one attached hydrogen (secondary N) is 4. The molecule has 31 nitrogen and oxygen atoms in total. The van der Waals surface area contributed by atoms with Crippen molar-refractivity contribution in [3.05, 3.63) is 72.6 Å². The number of benzene rings is 1. The Labute approximate surface area is 782 Å². The van der Waals surface area contributed by atoms with E-state index in [-0.39, 0.29) is 93.9 Å². The molecule has 8 rings (SSSR count). The van der Waals surface area contributed by atoms with Crippen LogP contribution in [-0.4, -0.2) is 255 Å². The Hall–Kier alpha value is -7.85. The van der Waals surface area contributed by atoms with Crippen LogP contribution < -0.4 is 21.3 Å². The van der Waals surface area contributed by atoms with Gasteiger partial charge in [-0.25, -0.2) is 18.4 Å². The van der Waals surface area contributed by atoms with E-state index in [2.05, 4.69) is 58.9 Å². The third kappa shape index (κ3) is 63.0. The number of rotatable bonds is 28. The maximum absolute atomic E-state index is 11.7. The van der Waals surface area contributed by atoms with E-state index in [4.69, 9.17) is 10.00 Å². The van der Waals surface area contributed by atoms with Crippen LogP contribution in [0.1, 0.15) is 254 Å². The average molecular weight is 1890 g/mol. The highest BCUT2D eigenvalue weighted by atomic mass is 32.2. The van der Waals surface area contributed by atoms with Gasteiger partial charge in [0.25, 0.3) is 0 Å². The fourth-order valence-electron chi connectivity index (χ4n) is 12.9. The lowest BCUT2D eigenvalue weighted by Gasteiger charge is -2.36. The summed E-state index contributed by atoms with van der Waals surface area (Å²) in [6, 6.07) is 18.8. The van der Waals surface area contributed by atoms with Gasteiger partial charge < -0.3 is 64.7 Å². The minimum Gasteiger partial charge on any atom is -0.772 e. The molecule has 2 aromatic heterocycles. The number of pyridine rings is 2. The SMILES string of the molecule is CC(C)CC(=O)N1CCC(C)(O)CC1.CC(C)CC(=O)N1CCC(CS(=O)[O-])CC1.CC(C)CC(=O)N1CCC(NC=O)CC1.CC(C)CC(=O)N1CCN(CS(=O)[O-])CC1.CC(C)CC(=O)N1CCS(=O)(=O)CC1.CC(C)CC(=O)Nc1ccccc1.CC(C)CC(=O)Nc1ncccc1C#N.CC(C)CC(=O)OC(C)(C)C.CSc1ccnc(NC(=O)CC(C)C)c1. The van der Waals surface area contributed by atoms with Crippen molar-refractivity contribution in [2.24, 2.45) is 59.2 Å². The Bertz CT molecular complexity index is 3910. The summed E-state index contributed by atoms with van der Waals surface area (Å²) >= 11 is -2.34. The number of aromatic nitrogens is 2. The second kappa shape index (κ2) is 65.7. The molecule has 0 aliphatic carbocycles. The van der Waals surface area contributed by atoms with Gasteiger partial charge in [-0.1, -0.05) is 154 Å². The number of sulfone groups is 1. The van der Waals surface area contributed by atoms with Gasteiger partial charge >= 0.3 is 5.97 Å². The Morgan fingerprint density at radius 1 is 0.535 bits per heavy atom. The van der Waals surface area contributed by atoms with Gasteiger partial charge in [-0.3, -0.25) is 61.3 Å². The number of carbonyl (C=O) groups is 10. The molecule has 0 saturated carbocycles. The first-order chi connectivity index (χ1) is 60.1. The van der Waals surface area contributed by atoms with E-state index in [1.54, 1.807) is 41.2 Å². The van der Waals surface area contributed by atoms with Crippen LogP contribution in [0.5, 0.6) is 0 Å². The smallest absolute Gasteiger partial charge is 0.306 e. The molecule has 0 radical (unpaired) electrons. The molecule has 5 aliphatic heterocycles. The summed E-state index contributed by atoms with van der Waals surface area (Å²) in [5.41, 5.74) is 0.350. The number of amides is 9. The summed E-state index contributed by atoms with van der Waals surface area (Å²) < 4.78 is 69.4. The number of hydrogen-bond acceptors (Lipinski definition) is 23. The van der Waals surface area contributed by atoms with Crippen molar-refractivity contribution in [1.82, 2.24) is 44.7 Å². The Kier molecular flexibility index (Phi) is 61.7. The zero-order valence-corrected chi connectivity index (χ0v) is 85.0. The highest BCUT2D eigenvalue weighted by molar-refractivity contribution is 7.98. The summed E-state index contributed by atoms with van der Waals surface area (Å²) in [4.78, 5) is 134. The number of esters is 1. The number of hydrogen-bond donors (Lipinski definition) is 5. The van der Waals surface area contributed by atoms with E-state index in [0.717, 1.165) is 55.8 Å². The maximum Gasteiger partial charge on any atom is 0.306 e. The fourth-order valence-corrected chi connectivity index (χ4v) is 15.8. The molecule has 7 heterocycles. The van der Waals surface area contributed by atoms with E-state index in [0.29, 0.717) is 207 Å². The van der Waals surface area contributed by atoms with E-state index < -0.39 is 37.6 Å². The lowest BCUT2D eigenvalue weighted by atomic mass is 9.93. The van der Waals surface area contributed by atoms with Crippen molar-refractivity contribution in [1.29, 1.82) is 5.26 Å². The average Bonchev–Trinajstić information content (AvgIpc) is 0.850. The number of thioether (sulfide) groups is 1. The summed E-state index contributed by atoms with van der Waals surface area (Å²) in [5.74, 6) is 5.99. The first kappa shape index (κ1) is 121. The van der Waals surface area contributed by atoms with Crippen LogP contribution >= 0.6 is 11.8 Å². The summed E-state index contributed by atoms with van der Waals surface area (Å²) in [6.07, 6.45) is 15.8. The van der Waals surface area contributed by atoms with Gasteiger partial charge in [0.15, 0.2) is 9.84 Å². The molecular formula is C94H159N13O18S4-2. The number of nitriles is 1. The van der Waals surface area contributed by atoms with Gasteiger partial charge in [0.2, 0.25) is 53.7 Å². The Morgan fingerprint density at radius 2 is 0.930 bits per heavy atom. The van der Waals surface area contributed by atoms with Crippen molar-refractivity contribution in [2.45, 2.75) is 271 Å². The standard InChI is InChI=1S/C11H13N3O.C11H20N2O2.C11H16N2OS.C11H21NO3S.C11H21NO2.C11H15NO.C10H20N2O3S.C9H17NO3S.C9H18O2/c1-8(2)6-10(15)14-11-9(7-12)4-3-5-13-11;1-9(2)7-11(15)13-5-3-10(4-6-13)12-8-14;1-8(2)6-11(14)13-10-7-9(15-3)4-5-12-10;1-9(2)7-11(13)12-5-3-10(4-6-12)8-16(14)15;1-9(2)8-10(13)12-6-4-11(3,14)5-7-12;1-9(2)8-11(13)12-10-6-4-3-5-7-10;1-9(2)7-10(13)12-5-3-11(4-6-12)8-16(14)15;1-8(2)7-9(11)10-3-5-14(12,13)6-4-10;1-7(2)6-8(10)11-9(3,4)5/h3-5,8H,6H2,1-2H3,(H,13,14,15);8-10H,3-7H2,1-2H3,(H,12,14);4-5,7-8H,6H2,1-3H3,(H,12,13,14);9-10H,3-8H2,1-2H3,(H,14,15);9,14H,4-8H2,1-3H3;3-7,9H,8H2,1-2H3,(H,12,13);9H,3-8H2,1-2H3,(H,14,15);8H,3-7H2,1-2H3;7H,6H2,1-5H3/p-2. The second-order valence-corrected chi connectivity index (χ2v) is 43.1. The van der Waals surface area contributed by atoms with Crippen molar-refractivity contribution in [2.75, 3.05) is 124 Å². The van der Waals surface area contributed by atoms with Gasteiger partial charge in [0, 0.05) is 171 Å². The topological polar surface area (TPSA) is 432 Å². The van der Waals surface area contributed by atoms with Crippen LogP contribution in [0.15, 0.2) is 71.9 Å². The van der Waals surface area contributed by atoms with Crippen LogP contribution in [0.3, 0.4) is 0 Å². The van der Waals surface area contributed by atoms with E-state index in [9.17, 15) is 79.0 Å². The van der Waals surface area contributed by atoms with Gasteiger partial charge in [0.1, 0.15) is 23.3 Å². The number of aliphatic hydroxyl groups is 1. The predicted octanol–water partition coefficient (Wildman–Crippen LogP) is 13.4. The molecule has 5 saturated heterocycles. The van der Waals surface area contributed by atoms with E-state index in [1.807, 2.05) is 204 Å². The molecule has 0 bridgehead atoms. The van der Waals surface area contributed by atoms with Crippen LogP contribution in [0.25, 0.3) is 0 Å². The number of para-hydroxylation sites is 1. The molecule has 734 valence electrons. The highest BCUT2D eigenvalue weighted by Gasteiger charge is 2.31. The van der Waals surface area contributed by atoms with Crippen molar-refractivity contribution < 1.29 is 83.7 Å². The van der Waals surface area contributed by atoms with Gasteiger partial charge in [0.05, 0.1) is 28.5 Å². The van der Waals surface area contributed by atoms with Gasteiger partial charge in [-0.2, -0.15) is 5.26 Å². The summed E-state index contributed by atoms with van der Waals surface area (Å²) in [7, 11) is -2.87. The van der Waals surface area contributed by atoms with Crippen molar-refractivity contribution in [3.8, 4) is 6.07 Å². The quantitative estimate of drug-likeness (QED) is 0.0195. The van der Waals surface area contributed by atoms with E-state index in [1.165, 1.54) is 0 Å². The predicted molar refractivity (Wildman–Crippen MR) is 514 cm³/mol. The molecule has 2 unspecified atom stereocenters. The minimum absolute atomic E-state index is 0.0238. The van der Waals surface area contributed by atoms with Gasteiger partial charge in [-0.15, -0.1) is 11.8 Å². The molecule has 2 atom stereocenters. The maximum atomic E-state index is 11.7. The molecule has 35 heteroatoms. The lowest BCUT2D eigenvalue weighted by molar-refractivity contribution is -0.155. The number of nitrogens with zero attached hydrogens (tertiary/aromatic N) is 9.